The first-order chi connectivity index (χ1) is 14.7. The van der Waals surface area contributed by atoms with Crippen molar-refractivity contribution in [1.82, 2.24) is 24.9 Å². The molecule has 1 aliphatic heterocycles. The van der Waals surface area contributed by atoms with E-state index < -0.39 is 0 Å². The van der Waals surface area contributed by atoms with Crippen LogP contribution in [-0.2, 0) is 6.54 Å². The number of carbonyl (C=O) groups excluding carboxylic acids is 1. The van der Waals surface area contributed by atoms with E-state index in [1.165, 1.54) is 12.1 Å². The normalized spacial score (nSPS) is 15.0. The number of hydrogen-bond acceptors (Lipinski definition) is 3. The Kier molecular flexibility index (Phi) is 4.78. The molecule has 0 spiro atoms. The number of nitrogens with zero attached hydrogens (tertiary/aromatic N) is 4. The molecule has 3 heterocycles. The van der Waals surface area contributed by atoms with Crippen molar-refractivity contribution >= 4 is 16.8 Å². The van der Waals surface area contributed by atoms with Crippen molar-refractivity contribution < 1.29 is 9.18 Å². The Labute approximate surface area is 173 Å². The predicted octanol–water partition coefficient (Wildman–Crippen LogP) is 4.12. The van der Waals surface area contributed by atoms with Gasteiger partial charge in [0.25, 0.3) is 5.91 Å². The van der Waals surface area contributed by atoms with Gasteiger partial charge in [0.05, 0.1) is 17.9 Å². The molecule has 1 saturated heterocycles. The minimum absolute atomic E-state index is 0.0933. The summed E-state index contributed by atoms with van der Waals surface area (Å²) in [5, 5.41) is 12.6. The van der Waals surface area contributed by atoms with Gasteiger partial charge in [0.15, 0.2) is 0 Å². The second kappa shape index (κ2) is 7.74. The van der Waals surface area contributed by atoms with Crippen LogP contribution >= 0.6 is 0 Å². The quantitative estimate of drug-likeness (QED) is 0.557. The number of H-pyrrole nitrogens is 1. The number of hydrogen-bond donors (Lipinski definition) is 1. The molecule has 1 N–H and O–H groups in total. The maximum atomic E-state index is 13.4. The Bertz CT molecular complexity index is 1180. The third kappa shape index (κ3) is 3.58. The zero-order valence-corrected chi connectivity index (χ0v) is 16.5. The first kappa shape index (κ1) is 18.5. The molecule has 0 atom stereocenters. The van der Waals surface area contributed by atoms with Crippen LogP contribution in [0, 0.1) is 11.7 Å². The molecule has 4 aromatic rings. The smallest absolute Gasteiger partial charge is 0.253 e. The summed E-state index contributed by atoms with van der Waals surface area (Å²) in [6.45, 7) is 2.20. The van der Waals surface area contributed by atoms with Crippen molar-refractivity contribution in [3.63, 3.8) is 0 Å². The number of halogens is 1. The van der Waals surface area contributed by atoms with Gasteiger partial charge in [-0.15, -0.1) is 0 Å². The van der Waals surface area contributed by atoms with Gasteiger partial charge in [0.1, 0.15) is 5.82 Å². The Morgan fingerprint density at radius 2 is 1.97 bits per heavy atom. The van der Waals surface area contributed by atoms with E-state index in [2.05, 4.69) is 38.2 Å². The highest BCUT2D eigenvalue weighted by Crippen LogP contribution is 2.26. The SMILES string of the molecule is O=C(c1cccc(F)c1)N1CCC(Cn2ncc3cc(-c4cn[nH]c4)ccc32)CC1. The number of amides is 1. The number of aromatic nitrogens is 4. The number of rotatable bonds is 4. The van der Waals surface area contributed by atoms with Gasteiger partial charge in [-0.2, -0.15) is 10.2 Å². The fourth-order valence-corrected chi connectivity index (χ4v) is 4.19. The van der Waals surface area contributed by atoms with E-state index >= 15 is 0 Å². The molecule has 0 saturated carbocycles. The molecular formula is C23H22FN5O. The average molecular weight is 403 g/mol. The minimum Gasteiger partial charge on any atom is -0.339 e. The Hall–Kier alpha value is -3.48. The number of likely N-dealkylation sites (tertiary alicyclic amines) is 1. The molecule has 2 aromatic carbocycles. The van der Waals surface area contributed by atoms with Crippen LogP contribution in [0.15, 0.2) is 61.1 Å². The summed E-state index contributed by atoms with van der Waals surface area (Å²) in [7, 11) is 0. The molecule has 2 aromatic heterocycles. The van der Waals surface area contributed by atoms with Gasteiger partial charge in [-0.3, -0.25) is 14.6 Å². The van der Waals surface area contributed by atoms with Crippen LogP contribution < -0.4 is 0 Å². The minimum atomic E-state index is -0.378. The van der Waals surface area contributed by atoms with Crippen molar-refractivity contribution in [2.75, 3.05) is 13.1 Å². The van der Waals surface area contributed by atoms with Gasteiger partial charge in [-0.25, -0.2) is 4.39 Å². The second-order valence-electron chi connectivity index (χ2n) is 7.83. The van der Waals surface area contributed by atoms with Crippen molar-refractivity contribution in [1.29, 1.82) is 0 Å². The lowest BCUT2D eigenvalue weighted by atomic mass is 9.96. The summed E-state index contributed by atoms with van der Waals surface area (Å²) in [6, 6.07) is 12.2. The van der Waals surface area contributed by atoms with Gasteiger partial charge in [-0.05, 0) is 54.7 Å². The Morgan fingerprint density at radius 1 is 1.10 bits per heavy atom. The van der Waals surface area contributed by atoms with Crippen LogP contribution in [0.2, 0.25) is 0 Å². The molecule has 30 heavy (non-hydrogen) atoms. The van der Waals surface area contributed by atoms with E-state index in [-0.39, 0.29) is 11.7 Å². The Balaban J connectivity index is 1.24. The van der Waals surface area contributed by atoms with Crippen LogP contribution in [0.1, 0.15) is 23.2 Å². The van der Waals surface area contributed by atoms with Gasteiger partial charge >= 0.3 is 0 Å². The summed E-state index contributed by atoms with van der Waals surface area (Å²) in [5.74, 6) is -0.0142. The molecule has 7 heteroatoms. The van der Waals surface area contributed by atoms with Gasteiger partial charge < -0.3 is 4.90 Å². The molecule has 0 bridgehead atoms. The third-order valence-corrected chi connectivity index (χ3v) is 5.88. The van der Waals surface area contributed by atoms with E-state index in [4.69, 9.17) is 0 Å². The number of carbonyl (C=O) groups is 1. The molecule has 1 aliphatic rings. The Morgan fingerprint density at radius 3 is 2.73 bits per heavy atom. The molecule has 1 fully saturated rings. The van der Waals surface area contributed by atoms with Crippen LogP contribution in [-0.4, -0.2) is 43.9 Å². The second-order valence-corrected chi connectivity index (χ2v) is 7.83. The van der Waals surface area contributed by atoms with E-state index in [9.17, 15) is 9.18 Å². The molecular weight excluding hydrogens is 381 g/mol. The topological polar surface area (TPSA) is 66.8 Å². The summed E-state index contributed by atoms with van der Waals surface area (Å²) < 4.78 is 15.5. The number of fused-ring (bicyclic) bond motifs is 1. The standard InChI is InChI=1S/C23H22FN5O/c24-21-3-1-2-18(11-21)23(30)28-8-6-16(7-9-28)15-29-22-5-4-17(10-19(22)14-27-29)20-12-25-26-13-20/h1-5,10-14,16H,6-9,15H2,(H,25,26). The molecule has 1 amide bonds. The summed E-state index contributed by atoms with van der Waals surface area (Å²) in [6.07, 6.45) is 7.42. The lowest BCUT2D eigenvalue weighted by Crippen LogP contribution is -2.39. The van der Waals surface area contributed by atoms with Crippen molar-refractivity contribution in [3.05, 3.63) is 72.4 Å². The number of benzene rings is 2. The molecule has 0 unspecified atom stereocenters. The van der Waals surface area contributed by atoms with Crippen molar-refractivity contribution in [2.24, 2.45) is 5.92 Å². The average Bonchev–Trinajstić information content (AvgIpc) is 3.44. The van der Waals surface area contributed by atoms with Crippen LogP contribution in [0.3, 0.4) is 0 Å². The highest BCUT2D eigenvalue weighted by Gasteiger charge is 2.24. The number of aromatic amines is 1. The molecule has 0 radical (unpaired) electrons. The fourth-order valence-electron chi connectivity index (χ4n) is 4.19. The lowest BCUT2D eigenvalue weighted by Gasteiger charge is -2.32. The van der Waals surface area contributed by atoms with Crippen LogP contribution in [0.25, 0.3) is 22.0 Å². The summed E-state index contributed by atoms with van der Waals surface area (Å²) >= 11 is 0. The van der Waals surface area contributed by atoms with E-state index in [1.54, 1.807) is 12.1 Å². The summed E-state index contributed by atoms with van der Waals surface area (Å²) in [5.41, 5.74) is 3.69. The highest BCUT2D eigenvalue weighted by molar-refractivity contribution is 5.94. The van der Waals surface area contributed by atoms with Crippen molar-refractivity contribution in [3.8, 4) is 11.1 Å². The molecule has 6 nitrogen and oxygen atoms in total. The number of piperidine rings is 1. The number of nitrogens with one attached hydrogen (secondary N) is 1. The van der Waals surface area contributed by atoms with Crippen molar-refractivity contribution in [2.45, 2.75) is 19.4 Å². The maximum Gasteiger partial charge on any atom is 0.253 e. The molecule has 0 aliphatic carbocycles. The zero-order chi connectivity index (χ0) is 20.5. The van der Waals surface area contributed by atoms with Crippen LogP contribution in [0.4, 0.5) is 4.39 Å². The van der Waals surface area contributed by atoms with E-state index in [0.717, 1.165) is 41.4 Å². The highest BCUT2D eigenvalue weighted by atomic mass is 19.1. The molecule has 5 rings (SSSR count). The maximum absolute atomic E-state index is 13.4. The zero-order valence-electron chi connectivity index (χ0n) is 16.5. The van der Waals surface area contributed by atoms with Gasteiger partial charge in [0, 0.05) is 42.3 Å². The third-order valence-electron chi connectivity index (χ3n) is 5.88. The van der Waals surface area contributed by atoms with Gasteiger partial charge in [-0.1, -0.05) is 12.1 Å². The van der Waals surface area contributed by atoms with E-state index in [0.29, 0.717) is 24.6 Å². The lowest BCUT2D eigenvalue weighted by molar-refractivity contribution is 0.0681. The fraction of sp³-hybridized carbons (Fsp3) is 0.261. The summed E-state index contributed by atoms with van der Waals surface area (Å²) in [4.78, 5) is 14.4. The van der Waals surface area contributed by atoms with Gasteiger partial charge in [0.2, 0.25) is 0 Å². The molecule has 152 valence electrons. The first-order valence-corrected chi connectivity index (χ1v) is 10.2. The predicted molar refractivity (Wildman–Crippen MR) is 112 cm³/mol. The van der Waals surface area contributed by atoms with Crippen LogP contribution in [0.5, 0.6) is 0 Å². The van der Waals surface area contributed by atoms with E-state index in [1.807, 2.05) is 23.5 Å². The first-order valence-electron chi connectivity index (χ1n) is 10.2. The largest absolute Gasteiger partial charge is 0.339 e. The monoisotopic (exact) mass is 403 g/mol.